The molecule has 0 unspecified atom stereocenters. The average Bonchev–Trinajstić information content (AvgIpc) is 2.96. The third-order valence-corrected chi connectivity index (χ3v) is 4.47. The molecular formula is C18H23N. The van der Waals surface area contributed by atoms with Crippen LogP contribution in [0.3, 0.4) is 0 Å². The SMILES string of the molecule is C=Cc1ccccc1C(=C)C1(C(=N)CC)CCCC1. The molecule has 1 aromatic carbocycles. The van der Waals surface area contributed by atoms with E-state index in [2.05, 4.69) is 32.2 Å². The molecule has 1 nitrogen and oxygen atoms in total. The maximum Gasteiger partial charge on any atom is 0.0329 e. The number of hydrogen-bond acceptors (Lipinski definition) is 1. The summed E-state index contributed by atoms with van der Waals surface area (Å²) in [5, 5.41) is 8.40. The van der Waals surface area contributed by atoms with E-state index in [-0.39, 0.29) is 5.41 Å². The fraction of sp³-hybridized carbons (Fsp3) is 0.389. The predicted molar refractivity (Wildman–Crippen MR) is 84.5 cm³/mol. The lowest BCUT2D eigenvalue weighted by atomic mass is 9.71. The highest BCUT2D eigenvalue weighted by molar-refractivity contribution is 6.00. The van der Waals surface area contributed by atoms with Crippen LogP contribution in [-0.2, 0) is 0 Å². The summed E-state index contributed by atoms with van der Waals surface area (Å²) in [5.41, 5.74) is 4.15. The van der Waals surface area contributed by atoms with Crippen LogP contribution >= 0.6 is 0 Å². The summed E-state index contributed by atoms with van der Waals surface area (Å²) >= 11 is 0. The van der Waals surface area contributed by atoms with Crippen LogP contribution in [0.5, 0.6) is 0 Å². The van der Waals surface area contributed by atoms with Gasteiger partial charge in [0, 0.05) is 11.1 Å². The summed E-state index contributed by atoms with van der Waals surface area (Å²) in [7, 11) is 0. The van der Waals surface area contributed by atoms with Crippen molar-refractivity contribution >= 4 is 17.4 Å². The lowest BCUT2D eigenvalue weighted by molar-refractivity contribution is 0.565. The summed E-state index contributed by atoms with van der Waals surface area (Å²) in [6.07, 6.45) is 7.26. The second-order valence-corrected chi connectivity index (χ2v) is 5.39. The summed E-state index contributed by atoms with van der Waals surface area (Å²) in [5.74, 6) is 0. The Labute approximate surface area is 116 Å². The molecule has 2 rings (SSSR count). The Hall–Kier alpha value is -1.63. The van der Waals surface area contributed by atoms with Crippen LogP contribution < -0.4 is 0 Å². The standard InChI is InChI=1S/C18H23N/c1-4-15-10-6-7-11-16(15)14(3)18(17(19)5-2)12-8-9-13-18/h4,6-7,10-11,19H,1,3,5,8-9,12-13H2,2H3. The lowest BCUT2D eigenvalue weighted by Gasteiger charge is -2.33. The van der Waals surface area contributed by atoms with Crippen molar-refractivity contribution in [3.8, 4) is 0 Å². The number of hydrogen-bond donors (Lipinski definition) is 1. The smallest absolute Gasteiger partial charge is 0.0329 e. The first-order chi connectivity index (χ1) is 9.15. The Morgan fingerprint density at radius 1 is 1.32 bits per heavy atom. The molecule has 0 amide bonds. The summed E-state index contributed by atoms with van der Waals surface area (Å²) in [6, 6.07) is 8.26. The Kier molecular flexibility index (Phi) is 4.04. The van der Waals surface area contributed by atoms with Crippen LogP contribution in [-0.4, -0.2) is 5.71 Å². The highest BCUT2D eigenvalue weighted by Crippen LogP contribution is 2.49. The number of rotatable bonds is 5. The Bertz CT molecular complexity index is 504. The molecule has 0 saturated heterocycles. The van der Waals surface area contributed by atoms with Crippen LogP contribution in [0, 0.1) is 10.8 Å². The number of benzene rings is 1. The zero-order chi connectivity index (χ0) is 13.9. The van der Waals surface area contributed by atoms with Gasteiger partial charge < -0.3 is 5.41 Å². The summed E-state index contributed by atoms with van der Waals surface area (Å²) < 4.78 is 0. The molecule has 1 saturated carbocycles. The van der Waals surface area contributed by atoms with Gasteiger partial charge in [0.25, 0.3) is 0 Å². The molecule has 1 aliphatic rings. The summed E-state index contributed by atoms with van der Waals surface area (Å²) in [6.45, 7) is 10.3. The van der Waals surface area contributed by atoms with Crippen molar-refractivity contribution < 1.29 is 0 Å². The molecule has 100 valence electrons. The third kappa shape index (κ3) is 2.30. The minimum atomic E-state index is -0.103. The van der Waals surface area contributed by atoms with Crippen LogP contribution in [0.4, 0.5) is 0 Å². The van der Waals surface area contributed by atoms with Crippen LogP contribution in [0.1, 0.15) is 50.2 Å². The Morgan fingerprint density at radius 2 is 1.95 bits per heavy atom. The van der Waals surface area contributed by atoms with Crippen molar-refractivity contribution in [2.45, 2.75) is 39.0 Å². The van der Waals surface area contributed by atoms with Gasteiger partial charge in [-0.15, -0.1) is 0 Å². The van der Waals surface area contributed by atoms with Gasteiger partial charge in [-0.1, -0.05) is 63.3 Å². The molecule has 0 aromatic heterocycles. The van der Waals surface area contributed by atoms with E-state index in [1.165, 1.54) is 12.8 Å². The van der Waals surface area contributed by atoms with Crippen LogP contribution in [0.15, 0.2) is 37.4 Å². The van der Waals surface area contributed by atoms with Gasteiger partial charge >= 0.3 is 0 Å². The first-order valence-electron chi connectivity index (χ1n) is 7.15. The van der Waals surface area contributed by atoms with Gasteiger partial charge in [0.05, 0.1) is 0 Å². The molecule has 1 fully saturated rings. The second-order valence-electron chi connectivity index (χ2n) is 5.39. The van der Waals surface area contributed by atoms with E-state index < -0.39 is 0 Å². The molecule has 1 heteroatoms. The van der Waals surface area contributed by atoms with Crippen molar-refractivity contribution in [1.82, 2.24) is 0 Å². The van der Waals surface area contributed by atoms with Crippen molar-refractivity contribution in [3.05, 3.63) is 48.6 Å². The van der Waals surface area contributed by atoms with Crippen molar-refractivity contribution in [3.63, 3.8) is 0 Å². The van der Waals surface area contributed by atoms with E-state index >= 15 is 0 Å². The molecule has 0 radical (unpaired) electrons. The third-order valence-electron chi connectivity index (χ3n) is 4.47. The molecule has 19 heavy (non-hydrogen) atoms. The van der Waals surface area contributed by atoms with Crippen LogP contribution in [0.2, 0.25) is 0 Å². The zero-order valence-corrected chi connectivity index (χ0v) is 11.8. The number of nitrogens with one attached hydrogen (secondary N) is 1. The number of allylic oxidation sites excluding steroid dienone is 1. The van der Waals surface area contributed by atoms with Gasteiger partial charge in [-0.25, -0.2) is 0 Å². The monoisotopic (exact) mass is 253 g/mol. The first-order valence-corrected chi connectivity index (χ1v) is 7.15. The molecule has 1 aromatic rings. The molecule has 0 aliphatic heterocycles. The van der Waals surface area contributed by atoms with Gasteiger partial charge in [-0.05, 0) is 36.0 Å². The highest BCUT2D eigenvalue weighted by atomic mass is 14.5. The zero-order valence-electron chi connectivity index (χ0n) is 11.8. The Morgan fingerprint density at radius 3 is 2.53 bits per heavy atom. The predicted octanol–water partition coefficient (Wildman–Crippen LogP) is 5.33. The van der Waals surface area contributed by atoms with E-state index in [1.54, 1.807) is 0 Å². The minimum Gasteiger partial charge on any atom is -0.309 e. The molecule has 0 heterocycles. The maximum absolute atomic E-state index is 8.40. The molecule has 1 aliphatic carbocycles. The van der Waals surface area contributed by atoms with E-state index in [1.807, 2.05) is 18.2 Å². The molecule has 1 N–H and O–H groups in total. The second kappa shape index (κ2) is 5.56. The Balaban J connectivity index is 2.46. The first kappa shape index (κ1) is 13.8. The highest BCUT2D eigenvalue weighted by Gasteiger charge is 2.40. The molecule has 0 bridgehead atoms. The van der Waals surface area contributed by atoms with Crippen molar-refractivity contribution in [2.75, 3.05) is 0 Å². The largest absolute Gasteiger partial charge is 0.309 e. The lowest BCUT2D eigenvalue weighted by Crippen LogP contribution is -2.28. The summed E-state index contributed by atoms with van der Waals surface area (Å²) in [4.78, 5) is 0. The minimum absolute atomic E-state index is 0.103. The van der Waals surface area contributed by atoms with Gasteiger partial charge in [-0.2, -0.15) is 0 Å². The molecular weight excluding hydrogens is 230 g/mol. The average molecular weight is 253 g/mol. The fourth-order valence-corrected chi connectivity index (χ4v) is 3.31. The normalized spacial score (nSPS) is 17.1. The fourth-order valence-electron chi connectivity index (χ4n) is 3.31. The van der Waals surface area contributed by atoms with Gasteiger partial charge in [0.15, 0.2) is 0 Å². The van der Waals surface area contributed by atoms with Crippen molar-refractivity contribution in [2.24, 2.45) is 5.41 Å². The van der Waals surface area contributed by atoms with Crippen molar-refractivity contribution in [1.29, 1.82) is 5.41 Å². The van der Waals surface area contributed by atoms with E-state index in [4.69, 9.17) is 5.41 Å². The van der Waals surface area contributed by atoms with E-state index in [9.17, 15) is 0 Å². The molecule has 0 spiro atoms. The van der Waals surface area contributed by atoms with Gasteiger partial charge in [-0.3, -0.25) is 0 Å². The topological polar surface area (TPSA) is 23.9 Å². The quantitative estimate of drug-likeness (QED) is 0.685. The van der Waals surface area contributed by atoms with Gasteiger partial charge in [0.2, 0.25) is 0 Å². The molecule has 0 atom stereocenters. The van der Waals surface area contributed by atoms with Gasteiger partial charge in [0.1, 0.15) is 0 Å². The maximum atomic E-state index is 8.40. The van der Waals surface area contributed by atoms with E-state index in [0.29, 0.717) is 0 Å². The van der Waals surface area contributed by atoms with E-state index in [0.717, 1.165) is 41.7 Å². The van der Waals surface area contributed by atoms with Crippen LogP contribution in [0.25, 0.3) is 11.6 Å².